The minimum absolute atomic E-state index is 0.167. The van der Waals surface area contributed by atoms with Gasteiger partial charge in [0.1, 0.15) is 6.26 Å². The molecule has 0 aromatic carbocycles. The molecular weight excluding hydrogens is 232 g/mol. The number of nitrogens with zero attached hydrogens (tertiary/aromatic N) is 2. The van der Waals surface area contributed by atoms with Gasteiger partial charge in [0.2, 0.25) is 0 Å². The SMILES string of the molecule is CC(C)c1nc(CN(C)C[C@@H]2COCCO2)co1. The maximum atomic E-state index is 5.62. The fraction of sp³-hybridized carbons (Fsp3) is 0.769. The van der Waals surface area contributed by atoms with Crippen LogP contribution in [-0.4, -0.2) is 49.4 Å². The number of likely N-dealkylation sites (N-methyl/N-ethyl adjacent to an activating group) is 1. The van der Waals surface area contributed by atoms with Gasteiger partial charge >= 0.3 is 0 Å². The molecule has 1 aromatic rings. The maximum absolute atomic E-state index is 5.62. The first kappa shape index (κ1) is 13.5. The fourth-order valence-corrected chi connectivity index (χ4v) is 1.99. The summed E-state index contributed by atoms with van der Waals surface area (Å²) in [5, 5.41) is 0. The van der Waals surface area contributed by atoms with Crippen LogP contribution >= 0.6 is 0 Å². The Balaban J connectivity index is 1.80. The summed E-state index contributed by atoms with van der Waals surface area (Å²) < 4.78 is 16.4. The van der Waals surface area contributed by atoms with E-state index in [-0.39, 0.29) is 6.10 Å². The molecule has 0 amide bonds. The van der Waals surface area contributed by atoms with E-state index < -0.39 is 0 Å². The average Bonchev–Trinajstić information content (AvgIpc) is 2.78. The van der Waals surface area contributed by atoms with Crippen molar-refractivity contribution < 1.29 is 13.9 Å². The van der Waals surface area contributed by atoms with Crippen molar-refractivity contribution in [2.24, 2.45) is 0 Å². The van der Waals surface area contributed by atoms with Gasteiger partial charge in [-0.05, 0) is 7.05 Å². The molecule has 5 heteroatoms. The third kappa shape index (κ3) is 3.80. The predicted octanol–water partition coefficient (Wildman–Crippen LogP) is 1.65. The summed E-state index contributed by atoms with van der Waals surface area (Å²) in [6, 6.07) is 0. The molecule has 0 saturated carbocycles. The summed E-state index contributed by atoms with van der Waals surface area (Å²) >= 11 is 0. The van der Waals surface area contributed by atoms with Gasteiger partial charge in [0.05, 0.1) is 31.6 Å². The van der Waals surface area contributed by atoms with E-state index in [1.807, 2.05) is 0 Å². The summed E-state index contributed by atoms with van der Waals surface area (Å²) in [6.45, 7) is 7.86. The van der Waals surface area contributed by atoms with E-state index in [9.17, 15) is 0 Å². The van der Waals surface area contributed by atoms with Crippen molar-refractivity contribution in [3.05, 3.63) is 17.8 Å². The van der Waals surface area contributed by atoms with Crippen LogP contribution in [0.3, 0.4) is 0 Å². The fourth-order valence-electron chi connectivity index (χ4n) is 1.99. The molecule has 2 rings (SSSR count). The Morgan fingerprint density at radius 1 is 1.44 bits per heavy atom. The summed E-state index contributed by atoms with van der Waals surface area (Å²) in [5.74, 6) is 1.13. The lowest BCUT2D eigenvalue weighted by Crippen LogP contribution is -2.38. The molecule has 0 aliphatic carbocycles. The molecule has 18 heavy (non-hydrogen) atoms. The van der Waals surface area contributed by atoms with Gasteiger partial charge in [-0.25, -0.2) is 4.98 Å². The molecule has 1 aliphatic heterocycles. The van der Waals surface area contributed by atoms with Gasteiger partial charge in [-0.15, -0.1) is 0 Å². The minimum Gasteiger partial charge on any atom is -0.448 e. The summed E-state index contributed by atoms with van der Waals surface area (Å²) in [5.41, 5.74) is 0.970. The second kappa shape index (κ2) is 6.31. The van der Waals surface area contributed by atoms with E-state index >= 15 is 0 Å². The number of ether oxygens (including phenoxy) is 2. The maximum Gasteiger partial charge on any atom is 0.196 e. The second-order valence-corrected chi connectivity index (χ2v) is 5.10. The number of hydrogen-bond acceptors (Lipinski definition) is 5. The van der Waals surface area contributed by atoms with Gasteiger partial charge in [-0.3, -0.25) is 4.90 Å². The molecule has 0 bridgehead atoms. The third-order valence-corrected chi connectivity index (χ3v) is 2.90. The second-order valence-electron chi connectivity index (χ2n) is 5.10. The first-order valence-electron chi connectivity index (χ1n) is 6.47. The standard InChI is InChI=1S/C13H22N2O3/c1-10(2)13-14-11(8-18-13)6-15(3)7-12-9-16-4-5-17-12/h8,10,12H,4-7,9H2,1-3H3/t12-/m1/s1. The molecule has 1 aromatic heterocycles. The lowest BCUT2D eigenvalue weighted by molar-refractivity contribution is -0.0963. The highest BCUT2D eigenvalue weighted by Gasteiger charge is 2.17. The van der Waals surface area contributed by atoms with Crippen LogP contribution in [0.2, 0.25) is 0 Å². The van der Waals surface area contributed by atoms with Crippen LogP contribution in [0, 0.1) is 0 Å². The Kier molecular flexibility index (Phi) is 4.74. The lowest BCUT2D eigenvalue weighted by Gasteiger charge is -2.26. The number of hydrogen-bond donors (Lipinski definition) is 0. The van der Waals surface area contributed by atoms with Crippen molar-refractivity contribution in [3.8, 4) is 0 Å². The highest BCUT2D eigenvalue weighted by atomic mass is 16.6. The van der Waals surface area contributed by atoms with E-state index in [2.05, 4.69) is 30.8 Å². The zero-order valence-electron chi connectivity index (χ0n) is 11.4. The Morgan fingerprint density at radius 2 is 2.28 bits per heavy atom. The van der Waals surface area contributed by atoms with E-state index in [0.717, 1.165) is 24.7 Å². The number of oxazole rings is 1. The van der Waals surface area contributed by atoms with E-state index in [4.69, 9.17) is 13.9 Å². The van der Waals surface area contributed by atoms with Crippen LogP contribution < -0.4 is 0 Å². The van der Waals surface area contributed by atoms with Gasteiger partial charge < -0.3 is 13.9 Å². The van der Waals surface area contributed by atoms with Crippen LogP contribution in [0.4, 0.5) is 0 Å². The van der Waals surface area contributed by atoms with Gasteiger partial charge in [-0.2, -0.15) is 0 Å². The van der Waals surface area contributed by atoms with E-state index in [1.165, 1.54) is 0 Å². The molecule has 0 spiro atoms. The van der Waals surface area contributed by atoms with Crippen LogP contribution in [0.1, 0.15) is 31.4 Å². The van der Waals surface area contributed by atoms with Gasteiger partial charge in [0.15, 0.2) is 5.89 Å². The van der Waals surface area contributed by atoms with Gasteiger partial charge in [0, 0.05) is 19.0 Å². The van der Waals surface area contributed by atoms with Crippen molar-refractivity contribution in [2.45, 2.75) is 32.4 Å². The van der Waals surface area contributed by atoms with Gasteiger partial charge in [0.25, 0.3) is 0 Å². The van der Waals surface area contributed by atoms with Crippen molar-refractivity contribution in [1.82, 2.24) is 9.88 Å². The lowest BCUT2D eigenvalue weighted by atomic mass is 10.2. The largest absolute Gasteiger partial charge is 0.448 e. The molecule has 2 heterocycles. The highest BCUT2D eigenvalue weighted by molar-refractivity contribution is 4.99. The molecule has 0 radical (unpaired) electrons. The molecule has 1 fully saturated rings. The molecule has 102 valence electrons. The molecule has 5 nitrogen and oxygen atoms in total. The first-order chi connectivity index (χ1) is 8.65. The normalized spacial score (nSPS) is 20.8. The Hall–Kier alpha value is -0.910. The minimum atomic E-state index is 0.167. The van der Waals surface area contributed by atoms with Crippen LogP contribution in [0.15, 0.2) is 10.7 Å². The Bertz CT molecular complexity index is 359. The molecule has 0 N–H and O–H groups in total. The highest BCUT2D eigenvalue weighted by Crippen LogP contribution is 2.14. The quantitative estimate of drug-likeness (QED) is 0.799. The van der Waals surface area contributed by atoms with Crippen LogP contribution in [0.25, 0.3) is 0 Å². The molecular formula is C13H22N2O3. The summed E-state index contributed by atoms with van der Waals surface area (Å²) in [7, 11) is 2.06. The van der Waals surface area contributed by atoms with Crippen molar-refractivity contribution in [1.29, 1.82) is 0 Å². The average molecular weight is 254 g/mol. The van der Waals surface area contributed by atoms with E-state index in [1.54, 1.807) is 6.26 Å². The van der Waals surface area contributed by atoms with Crippen LogP contribution in [0.5, 0.6) is 0 Å². The third-order valence-electron chi connectivity index (χ3n) is 2.90. The zero-order chi connectivity index (χ0) is 13.0. The van der Waals surface area contributed by atoms with Crippen LogP contribution in [-0.2, 0) is 16.0 Å². The number of rotatable bonds is 5. The van der Waals surface area contributed by atoms with E-state index in [0.29, 0.717) is 25.7 Å². The smallest absolute Gasteiger partial charge is 0.196 e. The predicted molar refractivity (Wildman–Crippen MR) is 67.5 cm³/mol. The first-order valence-corrected chi connectivity index (χ1v) is 6.47. The van der Waals surface area contributed by atoms with Crippen molar-refractivity contribution >= 4 is 0 Å². The molecule has 1 aliphatic rings. The zero-order valence-corrected chi connectivity index (χ0v) is 11.4. The summed E-state index contributed by atoms with van der Waals surface area (Å²) in [4.78, 5) is 6.64. The topological polar surface area (TPSA) is 47.7 Å². The molecule has 1 atom stereocenters. The Morgan fingerprint density at radius 3 is 2.89 bits per heavy atom. The number of aromatic nitrogens is 1. The van der Waals surface area contributed by atoms with Crippen molar-refractivity contribution in [2.75, 3.05) is 33.4 Å². The molecule has 0 unspecified atom stereocenters. The molecule has 1 saturated heterocycles. The van der Waals surface area contributed by atoms with Gasteiger partial charge in [-0.1, -0.05) is 13.8 Å². The monoisotopic (exact) mass is 254 g/mol. The Labute approximate surface area is 108 Å². The summed E-state index contributed by atoms with van der Waals surface area (Å²) in [6.07, 6.45) is 1.91. The van der Waals surface area contributed by atoms with Crippen molar-refractivity contribution in [3.63, 3.8) is 0 Å².